The average molecular weight is 477 g/mol. The Morgan fingerprint density at radius 1 is 1.09 bits per heavy atom. The van der Waals surface area contributed by atoms with Crippen molar-refractivity contribution in [2.75, 3.05) is 4.72 Å². The Labute approximate surface area is 194 Å². The van der Waals surface area contributed by atoms with Crippen LogP contribution in [-0.2, 0) is 35.5 Å². The lowest BCUT2D eigenvalue weighted by Crippen LogP contribution is -2.41. The summed E-state index contributed by atoms with van der Waals surface area (Å²) in [5.74, 6) is -1.29. The number of anilines is 1. The van der Waals surface area contributed by atoms with Crippen LogP contribution < -0.4 is 10.2 Å². The molecule has 0 radical (unpaired) electrons. The van der Waals surface area contributed by atoms with Gasteiger partial charge in [-0.1, -0.05) is 12.1 Å². The number of hydrogen-bond donors (Lipinski definition) is 1. The van der Waals surface area contributed by atoms with Crippen molar-refractivity contribution in [2.45, 2.75) is 71.2 Å². The van der Waals surface area contributed by atoms with Crippen LogP contribution in [-0.4, -0.2) is 32.7 Å². The number of nitrogens with one attached hydrogen (secondary N) is 1. The van der Waals surface area contributed by atoms with Gasteiger partial charge >= 0.3 is 13.1 Å². The van der Waals surface area contributed by atoms with Gasteiger partial charge in [-0.25, -0.2) is 12.8 Å². The van der Waals surface area contributed by atoms with Gasteiger partial charge in [0, 0.05) is 6.92 Å². The molecule has 0 amide bonds. The molecule has 1 fully saturated rings. The van der Waals surface area contributed by atoms with Crippen molar-refractivity contribution in [1.29, 1.82) is 0 Å². The van der Waals surface area contributed by atoms with Gasteiger partial charge in [0.1, 0.15) is 12.4 Å². The molecule has 0 unspecified atom stereocenters. The first-order valence-corrected chi connectivity index (χ1v) is 12.0. The van der Waals surface area contributed by atoms with Crippen LogP contribution in [0, 0.1) is 19.7 Å². The van der Waals surface area contributed by atoms with E-state index in [2.05, 4.69) is 4.72 Å². The normalized spacial score (nSPS) is 17.2. The molecule has 7 nitrogen and oxygen atoms in total. The van der Waals surface area contributed by atoms with E-state index in [-0.39, 0.29) is 17.1 Å². The molecular formula is C23H29BFNO6S. The number of esters is 1. The topological polar surface area (TPSA) is 90.9 Å². The highest BCUT2D eigenvalue weighted by atomic mass is 32.2. The number of carbonyl (C=O) groups excluding carboxylic acids is 1. The van der Waals surface area contributed by atoms with Crippen LogP contribution in [0.5, 0.6) is 0 Å². The number of carbonyl (C=O) groups is 1. The molecular weight excluding hydrogens is 448 g/mol. The van der Waals surface area contributed by atoms with Crippen molar-refractivity contribution in [3.63, 3.8) is 0 Å². The number of sulfonamides is 1. The van der Waals surface area contributed by atoms with Gasteiger partial charge in [-0.2, -0.15) is 0 Å². The summed E-state index contributed by atoms with van der Waals surface area (Å²) in [6.07, 6.45) is 0. The second kappa shape index (κ2) is 8.74. The van der Waals surface area contributed by atoms with E-state index in [0.717, 1.165) is 12.1 Å². The van der Waals surface area contributed by atoms with E-state index in [1.165, 1.54) is 6.92 Å². The molecule has 0 bridgehead atoms. The van der Waals surface area contributed by atoms with Gasteiger partial charge in [0.2, 0.25) is 0 Å². The first-order valence-electron chi connectivity index (χ1n) is 10.5. The van der Waals surface area contributed by atoms with Gasteiger partial charge in [-0.3, -0.25) is 9.52 Å². The molecule has 178 valence electrons. The minimum absolute atomic E-state index is 0.224. The van der Waals surface area contributed by atoms with E-state index in [0.29, 0.717) is 22.3 Å². The number of benzene rings is 2. The number of rotatable bonds is 6. The molecule has 0 atom stereocenters. The predicted octanol–water partition coefficient (Wildman–Crippen LogP) is 3.61. The third-order valence-corrected chi connectivity index (χ3v) is 7.77. The van der Waals surface area contributed by atoms with E-state index in [1.54, 1.807) is 26.0 Å². The summed E-state index contributed by atoms with van der Waals surface area (Å²) >= 11 is 0. The van der Waals surface area contributed by atoms with Gasteiger partial charge in [0.25, 0.3) is 10.0 Å². The maximum absolute atomic E-state index is 14.2. The van der Waals surface area contributed by atoms with Crippen LogP contribution in [0.2, 0.25) is 0 Å². The molecule has 33 heavy (non-hydrogen) atoms. The summed E-state index contributed by atoms with van der Waals surface area (Å²) in [5.41, 5.74) is 1.13. The molecule has 2 aromatic carbocycles. The summed E-state index contributed by atoms with van der Waals surface area (Å²) in [5, 5.41) is 0. The zero-order valence-electron chi connectivity index (χ0n) is 19.9. The molecule has 0 spiro atoms. The van der Waals surface area contributed by atoms with Gasteiger partial charge in [0.05, 0.1) is 21.8 Å². The first kappa shape index (κ1) is 25.2. The maximum atomic E-state index is 14.2. The highest BCUT2D eigenvalue weighted by molar-refractivity contribution is 7.92. The highest BCUT2D eigenvalue weighted by Crippen LogP contribution is 2.37. The molecule has 1 aliphatic rings. The Kier molecular flexibility index (Phi) is 6.67. The van der Waals surface area contributed by atoms with Gasteiger partial charge in [-0.15, -0.1) is 0 Å². The fraction of sp³-hybridized carbons (Fsp3) is 0.435. The largest absolute Gasteiger partial charge is 0.495 e. The first-order chi connectivity index (χ1) is 15.1. The minimum atomic E-state index is -4.15. The Balaban J connectivity index is 1.95. The number of halogens is 1. The van der Waals surface area contributed by atoms with E-state index in [4.69, 9.17) is 14.0 Å². The lowest BCUT2D eigenvalue weighted by Gasteiger charge is -2.32. The molecule has 3 rings (SSSR count). The molecule has 2 aromatic rings. The van der Waals surface area contributed by atoms with Crippen molar-refractivity contribution in [2.24, 2.45) is 0 Å². The number of ether oxygens (including phenoxy) is 1. The Morgan fingerprint density at radius 2 is 1.70 bits per heavy atom. The Bertz CT molecular complexity index is 1180. The van der Waals surface area contributed by atoms with Crippen molar-refractivity contribution < 1.29 is 31.6 Å². The number of hydrogen-bond acceptors (Lipinski definition) is 6. The second-order valence-electron chi connectivity index (χ2n) is 9.18. The van der Waals surface area contributed by atoms with Crippen molar-refractivity contribution in [3.8, 4) is 0 Å². The van der Waals surface area contributed by atoms with E-state index in [1.807, 2.05) is 33.8 Å². The smallest absolute Gasteiger partial charge is 0.461 e. The van der Waals surface area contributed by atoms with E-state index in [9.17, 15) is 17.6 Å². The van der Waals surface area contributed by atoms with E-state index < -0.39 is 40.1 Å². The average Bonchev–Trinajstić information content (AvgIpc) is 2.90. The van der Waals surface area contributed by atoms with Crippen molar-refractivity contribution in [3.05, 3.63) is 52.8 Å². The lowest BCUT2D eigenvalue weighted by atomic mass is 9.76. The van der Waals surface area contributed by atoms with Gasteiger partial charge in [-0.05, 0) is 81.9 Å². The van der Waals surface area contributed by atoms with Crippen LogP contribution in [0.15, 0.2) is 35.2 Å². The Morgan fingerprint density at radius 3 is 2.27 bits per heavy atom. The third-order valence-electron chi connectivity index (χ3n) is 6.28. The fourth-order valence-electron chi connectivity index (χ4n) is 3.51. The van der Waals surface area contributed by atoms with Crippen LogP contribution in [0.4, 0.5) is 10.1 Å². The van der Waals surface area contributed by atoms with Crippen LogP contribution in [0.3, 0.4) is 0 Å². The van der Waals surface area contributed by atoms with E-state index >= 15 is 0 Å². The molecule has 1 aliphatic heterocycles. The summed E-state index contributed by atoms with van der Waals surface area (Å²) in [4.78, 5) is 10.9. The van der Waals surface area contributed by atoms with Gasteiger partial charge in [0.15, 0.2) is 0 Å². The summed E-state index contributed by atoms with van der Waals surface area (Å²) in [7, 11) is -4.81. The zero-order chi connectivity index (χ0) is 24.8. The molecule has 0 aliphatic carbocycles. The summed E-state index contributed by atoms with van der Waals surface area (Å²) in [6.45, 7) is 12.1. The van der Waals surface area contributed by atoms with Crippen LogP contribution in [0.1, 0.15) is 51.3 Å². The standard InChI is InChI=1S/C23H29BFNO6S/c1-14-17(13-30-16(3)27)11-18(25)12-21(14)33(28,29)26-20-10-8-9-19(15(20)2)24-31-22(4,5)23(6,7)32-24/h8-12,26H,13H2,1-7H3. The second-order valence-corrected chi connectivity index (χ2v) is 10.8. The summed E-state index contributed by atoms with van der Waals surface area (Å²) in [6, 6.07) is 7.25. The molecule has 10 heteroatoms. The van der Waals surface area contributed by atoms with Gasteiger partial charge < -0.3 is 14.0 Å². The molecule has 0 saturated carbocycles. The molecule has 1 N–H and O–H groups in total. The van der Waals surface area contributed by atoms with Crippen LogP contribution in [0.25, 0.3) is 0 Å². The monoisotopic (exact) mass is 477 g/mol. The van der Waals surface area contributed by atoms with Crippen molar-refractivity contribution >= 4 is 34.3 Å². The molecule has 1 heterocycles. The van der Waals surface area contributed by atoms with Crippen molar-refractivity contribution in [1.82, 2.24) is 0 Å². The third kappa shape index (κ3) is 5.07. The fourth-order valence-corrected chi connectivity index (χ4v) is 4.93. The molecule has 1 saturated heterocycles. The minimum Gasteiger partial charge on any atom is -0.461 e. The lowest BCUT2D eigenvalue weighted by molar-refractivity contribution is -0.142. The summed E-state index contributed by atoms with van der Waals surface area (Å²) < 4.78 is 60.3. The SMILES string of the molecule is CC(=O)OCc1cc(F)cc(S(=O)(=O)Nc2cccc(B3OC(C)(C)C(C)(C)O3)c2C)c1C. The zero-order valence-corrected chi connectivity index (χ0v) is 20.7. The maximum Gasteiger partial charge on any atom is 0.495 e. The quantitative estimate of drug-likeness (QED) is 0.505. The highest BCUT2D eigenvalue weighted by Gasteiger charge is 2.52. The molecule has 0 aromatic heterocycles. The Hall–Kier alpha value is -2.43. The predicted molar refractivity (Wildman–Crippen MR) is 124 cm³/mol. The van der Waals surface area contributed by atoms with Crippen LogP contribution >= 0.6 is 0 Å².